The first-order chi connectivity index (χ1) is 14.7. The smallest absolute Gasteiger partial charge is 0.233 e. The summed E-state index contributed by atoms with van der Waals surface area (Å²) in [5.74, 6) is 1.39. The van der Waals surface area contributed by atoms with Crippen molar-refractivity contribution in [3.8, 4) is 5.69 Å². The van der Waals surface area contributed by atoms with Crippen molar-refractivity contribution in [1.82, 2.24) is 19.7 Å². The standard InChI is InChI=1S/C23H25ClN4OS/c24-19-10-12-20(13-11-19)28-21(16-18-8-4-3-5-9-18)25-26-23(28)30-17-22(29)27-14-6-1-2-7-15-27/h3-5,8-13H,1-2,6-7,14-17H2. The molecular weight excluding hydrogens is 416 g/mol. The van der Waals surface area contributed by atoms with Crippen molar-refractivity contribution in [2.45, 2.75) is 37.3 Å². The van der Waals surface area contributed by atoms with Crippen molar-refractivity contribution >= 4 is 29.3 Å². The van der Waals surface area contributed by atoms with Crippen LogP contribution in [0.1, 0.15) is 37.1 Å². The number of benzene rings is 2. The largest absolute Gasteiger partial charge is 0.342 e. The molecule has 3 aromatic rings. The molecule has 0 bridgehead atoms. The van der Waals surface area contributed by atoms with Gasteiger partial charge >= 0.3 is 0 Å². The van der Waals surface area contributed by atoms with Crippen LogP contribution in [-0.4, -0.2) is 44.4 Å². The maximum atomic E-state index is 12.7. The third kappa shape index (κ3) is 5.24. The second-order valence-corrected chi connectivity index (χ2v) is 8.84. The molecule has 156 valence electrons. The maximum absolute atomic E-state index is 12.7. The highest BCUT2D eigenvalue weighted by Gasteiger charge is 2.19. The van der Waals surface area contributed by atoms with Gasteiger partial charge in [0.1, 0.15) is 5.82 Å². The Kier molecular flexibility index (Phi) is 7.07. The molecular formula is C23H25ClN4OS. The number of rotatable bonds is 6. The molecule has 1 aromatic heterocycles. The number of likely N-dealkylation sites (tertiary alicyclic amines) is 1. The lowest BCUT2D eigenvalue weighted by molar-refractivity contribution is -0.128. The summed E-state index contributed by atoms with van der Waals surface area (Å²) in [6.45, 7) is 1.73. The van der Waals surface area contributed by atoms with Gasteiger partial charge in [-0.3, -0.25) is 9.36 Å². The number of thioether (sulfide) groups is 1. The van der Waals surface area contributed by atoms with Gasteiger partial charge in [-0.05, 0) is 42.7 Å². The van der Waals surface area contributed by atoms with Gasteiger partial charge in [0.05, 0.1) is 5.75 Å². The third-order valence-corrected chi connectivity index (χ3v) is 6.44. The minimum absolute atomic E-state index is 0.178. The minimum atomic E-state index is 0.178. The van der Waals surface area contributed by atoms with Crippen molar-refractivity contribution in [3.63, 3.8) is 0 Å². The highest BCUT2D eigenvalue weighted by Crippen LogP contribution is 2.25. The molecule has 0 unspecified atom stereocenters. The van der Waals surface area contributed by atoms with Crippen molar-refractivity contribution in [3.05, 3.63) is 71.0 Å². The monoisotopic (exact) mass is 440 g/mol. The highest BCUT2D eigenvalue weighted by atomic mass is 35.5. The Labute approximate surface area is 186 Å². The van der Waals surface area contributed by atoms with E-state index in [-0.39, 0.29) is 5.91 Å². The number of carbonyl (C=O) groups excluding carboxylic acids is 1. The summed E-state index contributed by atoms with van der Waals surface area (Å²) in [4.78, 5) is 14.7. The Hall–Kier alpha value is -2.31. The second-order valence-electron chi connectivity index (χ2n) is 7.46. The van der Waals surface area contributed by atoms with E-state index in [4.69, 9.17) is 11.6 Å². The van der Waals surface area contributed by atoms with Gasteiger partial charge in [-0.25, -0.2) is 0 Å². The first-order valence-electron chi connectivity index (χ1n) is 10.4. The van der Waals surface area contributed by atoms with Crippen LogP contribution in [-0.2, 0) is 11.2 Å². The Morgan fingerprint density at radius 1 is 0.933 bits per heavy atom. The summed E-state index contributed by atoms with van der Waals surface area (Å²) >= 11 is 7.54. The maximum Gasteiger partial charge on any atom is 0.233 e. The average Bonchev–Trinajstić information content (AvgIpc) is 2.97. The van der Waals surface area contributed by atoms with E-state index >= 15 is 0 Å². The lowest BCUT2D eigenvalue weighted by Gasteiger charge is -2.20. The van der Waals surface area contributed by atoms with Gasteiger partial charge in [-0.2, -0.15) is 0 Å². The van der Waals surface area contributed by atoms with E-state index < -0.39 is 0 Å². The van der Waals surface area contributed by atoms with Gasteiger partial charge in [0.2, 0.25) is 5.91 Å². The van der Waals surface area contributed by atoms with Crippen molar-refractivity contribution in [2.24, 2.45) is 0 Å². The molecule has 2 heterocycles. The summed E-state index contributed by atoms with van der Waals surface area (Å²) in [5, 5.41) is 10.3. The summed E-state index contributed by atoms with van der Waals surface area (Å²) < 4.78 is 2.03. The molecule has 5 nitrogen and oxygen atoms in total. The fraction of sp³-hybridized carbons (Fsp3) is 0.348. The van der Waals surface area contributed by atoms with E-state index in [1.54, 1.807) is 0 Å². The molecule has 0 aliphatic carbocycles. The summed E-state index contributed by atoms with van der Waals surface area (Å²) in [6, 6.07) is 17.8. The normalized spacial score (nSPS) is 14.5. The predicted molar refractivity (Wildman–Crippen MR) is 121 cm³/mol. The SMILES string of the molecule is O=C(CSc1nnc(Cc2ccccc2)n1-c1ccc(Cl)cc1)N1CCCCCC1. The summed E-state index contributed by atoms with van der Waals surface area (Å²) in [7, 11) is 0. The van der Waals surface area contributed by atoms with Crippen LogP contribution in [0.2, 0.25) is 5.02 Å². The van der Waals surface area contributed by atoms with Gasteiger partial charge in [0, 0.05) is 30.2 Å². The van der Waals surface area contributed by atoms with E-state index in [9.17, 15) is 4.79 Å². The van der Waals surface area contributed by atoms with Crippen LogP contribution in [0, 0.1) is 0 Å². The number of hydrogen-bond acceptors (Lipinski definition) is 4. The number of halogens is 1. The number of aromatic nitrogens is 3. The molecule has 1 amide bonds. The van der Waals surface area contributed by atoms with Gasteiger partial charge in [0.15, 0.2) is 5.16 Å². The molecule has 0 N–H and O–H groups in total. The molecule has 1 saturated heterocycles. The molecule has 1 aliphatic heterocycles. The van der Waals surface area contributed by atoms with Crippen LogP contribution in [0.3, 0.4) is 0 Å². The van der Waals surface area contributed by atoms with Crippen molar-refractivity contribution in [2.75, 3.05) is 18.8 Å². The fourth-order valence-corrected chi connectivity index (χ4v) is 4.67. The first kappa shape index (κ1) is 20.9. The van der Waals surface area contributed by atoms with Crippen molar-refractivity contribution in [1.29, 1.82) is 0 Å². The molecule has 1 fully saturated rings. The third-order valence-electron chi connectivity index (χ3n) is 5.27. The van der Waals surface area contributed by atoms with Crippen LogP contribution in [0.4, 0.5) is 0 Å². The van der Waals surface area contributed by atoms with Crippen LogP contribution in [0.15, 0.2) is 59.8 Å². The Balaban J connectivity index is 1.56. The number of carbonyl (C=O) groups is 1. The molecule has 2 aromatic carbocycles. The van der Waals surface area contributed by atoms with E-state index in [1.165, 1.54) is 24.6 Å². The van der Waals surface area contributed by atoms with Gasteiger partial charge in [0.25, 0.3) is 0 Å². The zero-order valence-electron chi connectivity index (χ0n) is 16.8. The van der Waals surface area contributed by atoms with E-state index in [1.807, 2.05) is 51.9 Å². The molecule has 0 radical (unpaired) electrons. The van der Waals surface area contributed by atoms with Crippen LogP contribution in [0.25, 0.3) is 5.69 Å². The molecule has 4 rings (SSSR count). The molecule has 0 saturated carbocycles. The Morgan fingerprint density at radius 3 is 2.33 bits per heavy atom. The number of hydrogen-bond donors (Lipinski definition) is 0. The molecule has 0 atom stereocenters. The van der Waals surface area contributed by atoms with E-state index in [0.29, 0.717) is 17.2 Å². The quantitative estimate of drug-likeness (QED) is 0.506. The van der Waals surface area contributed by atoms with E-state index in [2.05, 4.69) is 22.3 Å². The highest BCUT2D eigenvalue weighted by molar-refractivity contribution is 7.99. The van der Waals surface area contributed by atoms with Crippen LogP contribution >= 0.6 is 23.4 Å². The van der Waals surface area contributed by atoms with Gasteiger partial charge < -0.3 is 4.90 Å². The van der Waals surface area contributed by atoms with Crippen LogP contribution in [0.5, 0.6) is 0 Å². The lowest BCUT2D eigenvalue weighted by atomic mass is 10.1. The molecule has 0 spiro atoms. The summed E-state index contributed by atoms with van der Waals surface area (Å²) in [5.41, 5.74) is 2.11. The lowest BCUT2D eigenvalue weighted by Crippen LogP contribution is -2.33. The number of nitrogens with zero attached hydrogens (tertiary/aromatic N) is 4. The topological polar surface area (TPSA) is 51.0 Å². The van der Waals surface area contributed by atoms with Gasteiger partial charge in [-0.15, -0.1) is 10.2 Å². The molecule has 1 aliphatic rings. The Bertz CT molecular complexity index is 967. The first-order valence-corrected chi connectivity index (χ1v) is 11.7. The van der Waals surface area contributed by atoms with Crippen LogP contribution < -0.4 is 0 Å². The zero-order chi connectivity index (χ0) is 20.8. The second kappa shape index (κ2) is 10.1. The van der Waals surface area contributed by atoms with Gasteiger partial charge in [-0.1, -0.05) is 66.5 Å². The minimum Gasteiger partial charge on any atom is -0.342 e. The molecule has 30 heavy (non-hydrogen) atoms. The fourth-order valence-electron chi connectivity index (χ4n) is 3.67. The Morgan fingerprint density at radius 2 is 1.63 bits per heavy atom. The predicted octanol–water partition coefficient (Wildman–Crippen LogP) is 5.01. The number of amides is 1. The van der Waals surface area contributed by atoms with E-state index in [0.717, 1.165) is 48.2 Å². The van der Waals surface area contributed by atoms with Crippen molar-refractivity contribution < 1.29 is 4.79 Å². The molecule has 7 heteroatoms. The zero-order valence-corrected chi connectivity index (χ0v) is 18.4. The summed E-state index contributed by atoms with van der Waals surface area (Å²) in [6.07, 6.45) is 5.28. The average molecular weight is 441 g/mol.